The van der Waals surface area contributed by atoms with E-state index < -0.39 is 0 Å². The minimum absolute atomic E-state index is 0.103. The molecule has 9 heteroatoms. The predicted molar refractivity (Wildman–Crippen MR) is 103 cm³/mol. The van der Waals surface area contributed by atoms with Gasteiger partial charge in [0.25, 0.3) is 5.56 Å². The largest absolute Gasteiger partial charge is 0.324 e. The van der Waals surface area contributed by atoms with E-state index in [0.717, 1.165) is 4.47 Å². The summed E-state index contributed by atoms with van der Waals surface area (Å²) in [5, 5.41) is 5.53. The normalized spacial score (nSPS) is 11.0. The number of anilines is 1. The van der Waals surface area contributed by atoms with Crippen LogP contribution in [0.3, 0.4) is 0 Å². The highest BCUT2D eigenvalue weighted by molar-refractivity contribution is 9.10. The first-order valence-electron chi connectivity index (χ1n) is 6.77. The molecule has 0 unspecified atom stereocenters. The number of fused-ring (bicyclic) bond motifs is 1. The van der Waals surface area contributed by atoms with Crippen LogP contribution in [0.15, 0.2) is 44.1 Å². The molecule has 5 nitrogen and oxygen atoms in total. The van der Waals surface area contributed by atoms with Crippen molar-refractivity contribution in [1.82, 2.24) is 9.55 Å². The Hall–Kier alpha value is -1.35. The fraction of sp³-hybridized carbons (Fsp3) is 0.133. The number of benzene rings is 1. The molecule has 0 aliphatic heterocycles. The van der Waals surface area contributed by atoms with Gasteiger partial charge in [-0.05, 0) is 29.6 Å². The molecule has 3 rings (SSSR count). The van der Waals surface area contributed by atoms with Gasteiger partial charge in [-0.2, -0.15) is 0 Å². The number of amides is 1. The van der Waals surface area contributed by atoms with Crippen molar-refractivity contribution in [3.63, 3.8) is 0 Å². The Morgan fingerprint density at radius 1 is 1.46 bits per heavy atom. The number of hydrogen-bond donors (Lipinski definition) is 1. The van der Waals surface area contributed by atoms with E-state index in [2.05, 4.69) is 26.2 Å². The molecule has 0 aliphatic carbocycles. The maximum atomic E-state index is 12.2. The molecule has 24 heavy (non-hydrogen) atoms. The number of nitrogens with one attached hydrogen (secondary N) is 1. The molecule has 0 saturated carbocycles. The smallest absolute Gasteiger partial charge is 0.271 e. The summed E-state index contributed by atoms with van der Waals surface area (Å²) >= 11 is 12.0. The second-order valence-corrected chi connectivity index (χ2v) is 8.04. The van der Waals surface area contributed by atoms with Crippen LogP contribution in [0.2, 0.25) is 5.02 Å². The van der Waals surface area contributed by atoms with Gasteiger partial charge in [0.2, 0.25) is 5.91 Å². The van der Waals surface area contributed by atoms with Gasteiger partial charge in [-0.25, -0.2) is 4.98 Å². The number of carbonyl (C=O) groups excluding carboxylic acids is 1. The van der Waals surface area contributed by atoms with Gasteiger partial charge in [0.15, 0.2) is 5.16 Å². The van der Waals surface area contributed by atoms with Crippen molar-refractivity contribution >= 4 is 72.4 Å². The lowest BCUT2D eigenvalue weighted by Crippen LogP contribution is -2.20. The van der Waals surface area contributed by atoms with Crippen LogP contribution in [-0.2, 0) is 11.8 Å². The third kappa shape index (κ3) is 3.66. The maximum Gasteiger partial charge on any atom is 0.271 e. The van der Waals surface area contributed by atoms with E-state index in [-0.39, 0.29) is 17.2 Å². The lowest BCUT2D eigenvalue weighted by molar-refractivity contribution is -0.113. The Labute approximate surface area is 159 Å². The van der Waals surface area contributed by atoms with Gasteiger partial charge in [0.05, 0.1) is 22.0 Å². The molecule has 124 valence electrons. The molecular formula is C15H11BrClN3O2S2. The third-order valence-corrected chi connectivity index (χ3v) is 5.91. The summed E-state index contributed by atoms with van der Waals surface area (Å²) in [6.07, 6.45) is 0. The second-order valence-electron chi connectivity index (χ2n) is 4.85. The van der Waals surface area contributed by atoms with Gasteiger partial charge >= 0.3 is 0 Å². The zero-order valence-electron chi connectivity index (χ0n) is 12.4. The van der Waals surface area contributed by atoms with Gasteiger partial charge in [-0.1, -0.05) is 39.3 Å². The van der Waals surface area contributed by atoms with E-state index in [1.165, 1.54) is 27.7 Å². The van der Waals surface area contributed by atoms with Crippen LogP contribution in [0.25, 0.3) is 10.2 Å². The Bertz CT molecular complexity index is 986. The molecule has 0 radical (unpaired) electrons. The van der Waals surface area contributed by atoms with Gasteiger partial charge in [-0.3, -0.25) is 14.2 Å². The molecule has 1 amide bonds. The van der Waals surface area contributed by atoms with Crippen LogP contribution < -0.4 is 10.9 Å². The SMILES string of the molecule is Cn1c(SCC(=O)Nc2ccc(Br)cc2Cl)nc2ccsc2c1=O. The van der Waals surface area contributed by atoms with E-state index in [0.29, 0.717) is 26.1 Å². The van der Waals surface area contributed by atoms with Crippen molar-refractivity contribution in [2.75, 3.05) is 11.1 Å². The zero-order valence-corrected chi connectivity index (χ0v) is 16.4. The molecule has 0 spiro atoms. The highest BCUT2D eigenvalue weighted by Crippen LogP contribution is 2.26. The van der Waals surface area contributed by atoms with Gasteiger partial charge in [0.1, 0.15) is 4.70 Å². The van der Waals surface area contributed by atoms with Crippen molar-refractivity contribution in [1.29, 1.82) is 0 Å². The summed E-state index contributed by atoms with van der Waals surface area (Å²) in [4.78, 5) is 28.8. The monoisotopic (exact) mass is 443 g/mol. The molecule has 2 heterocycles. The molecule has 1 N–H and O–H groups in total. The van der Waals surface area contributed by atoms with Crippen LogP contribution in [0.5, 0.6) is 0 Å². The molecule has 0 atom stereocenters. The number of aromatic nitrogens is 2. The summed E-state index contributed by atoms with van der Waals surface area (Å²) in [5.41, 5.74) is 1.09. The van der Waals surface area contributed by atoms with E-state index in [9.17, 15) is 9.59 Å². The Kier molecular flexibility index (Phi) is 5.29. The minimum atomic E-state index is -0.219. The molecule has 1 aromatic carbocycles. The lowest BCUT2D eigenvalue weighted by Gasteiger charge is -2.09. The first-order valence-corrected chi connectivity index (χ1v) is 9.81. The fourth-order valence-electron chi connectivity index (χ4n) is 2.00. The average molecular weight is 445 g/mol. The maximum absolute atomic E-state index is 12.2. The third-order valence-electron chi connectivity index (χ3n) is 3.18. The molecule has 3 aromatic rings. The topological polar surface area (TPSA) is 64.0 Å². The summed E-state index contributed by atoms with van der Waals surface area (Å²) < 4.78 is 2.92. The fourth-order valence-corrected chi connectivity index (χ4v) is 4.30. The number of halogens is 2. The van der Waals surface area contributed by atoms with Crippen LogP contribution in [0, 0.1) is 0 Å². The number of rotatable bonds is 4. The second kappa shape index (κ2) is 7.26. The summed E-state index contributed by atoms with van der Waals surface area (Å²) in [7, 11) is 1.65. The number of thiophene rings is 1. The highest BCUT2D eigenvalue weighted by Gasteiger charge is 2.12. The van der Waals surface area contributed by atoms with Crippen molar-refractivity contribution in [2.45, 2.75) is 5.16 Å². The molecule has 0 fully saturated rings. The molecule has 0 aliphatic rings. The van der Waals surface area contributed by atoms with E-state index >= 15 is 0 Å². The number of thioether (sulfide) groups is 1. The minimum Gasteiger partial charge on any atom is -0.324 e. The van der Waals surface area contributed by atoms with Gasteiger partial charge in [-0.15, -0.1) is 11.3 Å². The van der Waals surface area contributed by atoms with Crippen molar-refractivity contribution in [3.05, 3.63) is 49.5 Å². The van der Waals surface area contributed by atoms with E-state index in [4.69, 9.17) is 11.6 Å². The lowest BCUT2D eigenvalue weighted by atomic mass is 10.3. The average Bonchev–Trinajstić information content (AvgIpc) is 3.01. The molecule has 0 bridgehead atoms. The Balaban J connectivity index is 1.72. The standard InChI is InChI=1S/C15H11BrClN3O2S2/c1-20-14(22)13-11(4-5-23-13)19-15(20)24-7-12(21)18-10-3-2-8(16)6-9(10)17/h2-6H,7H2,1H3,(H,18,21). The molecule has 2 aromatic heterocycles. The van der Waals surface area contributed by atoms with E-state index in [1.54, 1.807) is 31.3 Å². The first kappa shape index (κ1) is 17.5. The van der Waals surface area contributed by atoms with Gasteiger partial charge < -0.3 is 5.32 Å². The zero-order chi connectivity index (χ0) is 17.3. The summed E-state index contributed by atoms with van der Waals surface area (Å²) in [6, 6.07) is 7.03. The Morgan fingerprint density at radius 3 is 3.00 bits per heavy atom. The van der Waals surface area contributed by atoms with E-state index in [1.807, 2.05) is 5.38 Å². The summed E-state index contributed by atoms with van der Waals surface area (Å²) in [5.74, 6) is -0.0913. The summed E-state index contributed by atoms with van der Waals surface area (Å²) in [6.45, 7) is 0. The van der Waals surface area contributed by atoms with Gasteiger partial charge in [0, 0.05) is 11.5 Å². The predicted octanol–water partition coefficient (Wildman–Crippen LogP) is 4.14. The number of nitrogens with zero attached hydrogens (tertiary/aromatic N) is 2. The Morgan fingerprint density at radius 2 is 2.25 bits per heavy atom. The number of hydrogen-bond acceptors (Lipinski definition) is 5. The van der Waals surface area contributed by atoms with Crippen LogP contribution >= 0.6 is 50.6 Å². The molecular weight excluding hydrogens is 434 g/mol. The first-order chi connectivity index (χ1) is 11.5. The van der Waals surface area contributed by atoms with Crippen LogP contribution in [-0.4, -0.2) is 21.2 Å². The number of carbonyl (C=O) groups is 1. The van der Waals surface area contributed by atoms with Crippen molar-refractivity contribution in [3.8, 4) is 0 Å². The van der Waals surface area contributed by atoms with Crippen LogP contribution in [0.4, 0.5) is 5.69 Å². The van der Waals surface area contributed by atoms with Crippen LogP contribution in [0.1, 0.15) is 0 Å². The highest BCUT2D eigenvalue weighted by atomic mass is 79.9. The van der Waals surface area contributed by atoms with Crippen molar-refractivity contribution < 1.29 is 4.79 Å². The van der Waals surface area contributed by atoms with Crippen molar-refractivity contribution in [2.24, 2.45) is 7.05 Å². The molecule has 0 saturated heterocycles. The quantitative estimate of drug-likeness (QED) is 0.485.